The molecule has 1 aliphatic carbocycles. The van der Waals surface area contributed by atoms with Gasteiger partial charge in [-0.05, 0) is 25.7 Å². The highest BCUT2D eigenvalue weighted by molar-refractivity contribution is 7.18. The molecule has 3 aliphatic rings. The minimum atomic E-state index is -0.0534. The molecule has 1 N–H and O–H groups in total. The molecule has 2 aromatic heterocycles. The van der Waals surface area contributed by atoms with Crippen molar-refractivity contribution in [2.75, 3.05) is 33.4 Å². The van der Waals surface area contributed by atoms with Crippen LogP contribution < -0.4 is 10.1 Å². The van der Waals surface area contributed by atoms with E-state index >= 15 is 0 Å². The molecule has 8 nitrogen and oxygen atoms in total. The number of aromatic nitrogens is 2. The number of nitrogens with zero attached hydrogens (tertiary/aromatic N) is 4. The smallest absolute Gasteiger partial charge is 0.317 e. The van der Waals surface area contributed by atoms with E-state index in [0.717, 1.165) is 67.8 Å². The zero-order chi connectivity index (χ0) is 19.8. The Morgan fingerprint density at radius 1 is 1.21 bits per heavy atom. The number of nitrogens with one attached hydrogen (secondary N) is 1. The molecule has 156 valence electrons. The van der Waals surface area contributed by atoms with Gasteiger partial charge in [0.25, 0.3) is 0 Å². The second-order valence-corrected chi connectivity index (χ2v) is 9.05. The van der Waals surface area contributed by atoms with Crippen molar-refractivity contribution in [2.24, 2.45) is 0 Å². The summed E-state index contributed by atoms with van der Waals surface area (Å²) < 4.78 is 11.9. The Hall–Kier alpha value is -1.97. The number of carbonyl (C=O) groups is 1. The van der Waals surface area contributed by atoms with Crippen molar-refractivity contribution in [1.82, 2.24) is 25.1 Å². The molecule has 2 aromatic rings. The molecule has 9 heteroatoms. The standard InChI is InChI=1S/C20H27N5O3S/c1-21-20(26)25-10-15-16(11-25)29-19-17(15)18(22-12-23-19)28-14-4-2-13(3-5-14)24-6-8-27-9-7-24/h12-14H,2-11H2,1H3,(H,21,26)/t13-,14-. The third-order valence-corrected chi connectivity index (χ3v) is 7.43. The highest BCUT2D eigenvalue weighted by atomic mass is 32.1. The van der Waals surface area contributed by atoms with Gasteiger partial charge in [0.1, 0.15) is 17.3 Å². The zero-order valence-corrected chi connectivity index (χ0v) is 17.5. The van der Waals surface area contributed by atoms with Gasteiger partial charge < -0.3 is 19.7 Å². The first-order valence-corrected chi connectivity index (χ1v) is 11.2. The van der Waals surface area contributed by atoms with E-state index < -0.39 is 0 Å². The van der Waals surface area contributed by atoms with E-state index in [9.17, 15) is 4.79 Å². The van der Waals surface area contributed by atoms with Crippen LogP contribution in [0.25, 0.3) is 10.2 Å². The molecule has 4 heterocycles. The fourth-order valence-corrected chi connectivity index (χ4v) is 5.90. The molecule has 1 saturated heterocycles. The summed E-state index contributed by atoms with van der Waals surface area (Å²) in [4.78, 5) is 27.5. The number of rotatable bonds is 3. The lowest BCUT2D eigenvalue weighted by molar-refractivity contribution is -0.00126. The number of hydrogen-bond donors (Lipinski definition) is 1. The van der Waals surface area contributed by atoms with E-state index in [1.165, 1.54) is 4.88 Å². The summed E-state index contributed by atoms with van der Waals surface area (Å²) in [6, 6.07) is 0.595. The molecule has 2 fully saturated rings. The van der Waals surface area contributed by atoms with Crippen LogP contribution in [0.15, 0.2) is 6.33 Å². The van der Waals surface area contributed by atoms with Crippen molar-refractivity contribution < 1.29 is 14.3 Å². The van der Waals surface area contributed by atoms with Gasteiger partial charge in [0.05, 0.1) is 25.1 Å². The van der Waals surface area contributed by atoms with E-state index in [4.69, 9.17) is 9.47 Å². The maximum absolute atomic E-state index is 12.0. The molecule has 0 bridgehead atoms. The normalized spacial score (nSPS) is 25.2. The summed E-state index contributed by atoms with van der Waals surface area (Å²) in [5.41, 5.74) is 1.14. The number of fused-ring (bicyclic) bond motifs is 3. The Labute approximate surface area is 174 Å². The van der Waals surface area contributed by atoms with Crippen molar-refractivity contribution in [1.29, 1.82) is 0 Å². The third kappa shape index (κ3) is 3.67. The molecule has 5 rings (SSSR count). The SMILES string of the molecule is CNC(=O)N1Cc2sc3ncnc(O[C@H]4CC[C@H](N5CCOCC5)CC4)c3c2C1. The van der Waals surface area contributed by atoms with Crippen LogP contribution in [0.3, 0.4) is 0 Å². The summed E-state index contributed by atoms with van der Waals surface area (Å²) in [6.45, 7) is 5.01. The lowest BCUT2D eigenvalue weighted by atomic mass is 9.91. The van der Waals surface area contributed by atoms with Gasteiger partial charge >= 0.3 is 6.03 Å². The number of morpholine rings is 1. The topological polar surface area (TPSA) is 79.8 Å². The van der Waals surface area contributed by atoms with Crippen LogP contribution in [0, 0.1) is 0 Å². The monoisotopic (exact) mass is 417 g/mol. The Kier molecular flexibility index (Phi) is 5.28. The number of carbonyl (C=O) groups excluding carboxylic acids is 1. The molecule has 1 saturated carbocycles. The third-order valence-electron chi connectivity index (χ3n) is 6.30. The van der Waals surface area contributed by atoms with Gasteiger partial charge in [-0.25, -0.2) is 14.8 Å². The van der Waals surface area contributed by atoms with Crippen LogP contribution in [0.5, 0.6) is 5.88 Å². The minimum Gasteiger partial charge on any atom is -0.474 e. The fraction of sp³-hybridized carbons (Fsp3) is 0.650. The van der Waals surface area contributed by atoms with Crippen LogP contribution in [-0.2, 0) is 17.8 Å². The molecule has 0 radical (unpaired) electrons. The van der Waals surface area contributed by atoms with Crippen molar-refractivity contribution in [3.05, 3.63) is 16.8 Å². The average molecular weight is 418 g/mol. The number of urea groups is 1. The van der Waals surface area contributed by atoms with Crippen LogP contribution in [-0.4, -0.2) is 71.3 Å². The molecule has 29 heavy (non-hydrogen) atoms. The maximum atomic E-state index is 12.0. The first-order chi connectivity index (χ1) is 14.2. The predicted molar refractivity (Wildman–Crippen MR) is 110 cm³/mol. The molecule has 0 atom stereocenters. The van der Waals surface area contributed by atoms with Crippen LogP contribution in [0.1, 0.15) is 36.1 Å². The van der Waals surface area contributed by atoms with Gasteiger partial charge in [0.2, 0.25) is 5.88 Å². The van der Waals surface area contributed by atoms with E-state index in [-0.39, 0.29) is 12.1 Å². The summed E-state index contributed by atoms with van der Waals surface area (Å²) >= 11 is 1.64. The van der Waals surface area contributed by atoms with Gasteiger partial charge in [0.15, 0.2) is 0 Å². The van der Waals surface area contributed by atoms with Gasteiger partial charge in [-0.3, -0.25) is 4.90 Å². The highest BCUT2D eigenvalue weighted by Crippen LogP contribution is 2.41. The lowest BCUT2D eigenvalue weighted by Gasteiger charge is -2.38. The number of thiophene rings is 1. The first kappa shape index (κ1) is 19.0. The molecule has 2 amide bonds. The molecule has 0 aromatic carbocycles. The molecule has 2 aliphatic heterocycles. The quantitative estimate of drug-likeness (QED) is 0.826. The first-order valence-electron chi connectivity index (χ1n) is 10.4. The average Bonchev–Trinajstić information content (AvgIpc) is 3.33. The highest BCUT2D eigenvalue weighted by Gasteiger charge is 2.31. The van der Waals surface area contributed by atoms with Gasteiger partial charge in [-0.1, -0.05) is 0 Å². The van der Waals surface area contributed by atoms with E-state index in [1.807, 2.05) is 4.90 Å². The Morgan fingerprint density at radius 2 is 2.00 bits per heavy atom. The van der Waals surface area contributed by atoms with Crippen LogP contribution >= 0.6 is 11.3 Å². The van der Waals surface area contributed by atoms with E-state index in [2.05, 4.69) is 20.2 Å². The molecular weight excluding hydrogens is 390 g/mol. The Bertz CT molecular complexity index is 890. The summed E-state index contributed by atoms with van der Waals surface area (Å²) in [5, 5.41) is 3.70. The summed E-state index contributed by atoms with van der Waals surface area (Å²) in [5.74, 6) is 0.682. The van der Waals surface area contributed by atoms with Crippen molar-refractivity contribution in [3.63, 3.8) is 0 Å². The fourth-order valence-electron chi connectivity index (χ4n) is 4.74. The molecular formula is C20H27N5O3S. The number of hydrogen-bond acceptors (Lipinski definition) is 7. The van der Waals surface area contributed by atoms with Crippen LogP contribution in [0.4, 0.5) is 4.79 Å². The minimum absolute atomic E-state index is 0.0534. The lowest BCUT2D eigenvalue weighted by Crippen LogP contribution is -2.46. The van der Waals surface area contributed by atoms with Crippen molar-refractivity contribution in [2.45, 2.75) is 50.9 Å². The largest absolute Gasteiger partial charge is 0.474 e. The predicted octanol–water partition coefficient (Wildman–Crippen LogP) is 2.37. The summed E-state index contributed by atoms with van der Waals surface area (Å²) in [6.07, 6.45) is 6.20. The van der Waals surface area contributed by atoms with Crippen LogP contribution in [0.2, 0.25) is 0 Å². The second-order valence-electron chi connectivity index (χ2n) is 7.97. The van der Waals surface area contributed by atoms with Gasteiger partial charge in [-0.15, -0.1) is 11.3 Å². The number of ether oxygens (including phenoxy) is 2. The molecule has 0 spiro atoms. The van der Waals surface area contributed by atoms with Gasteiger partial charge in [0, 0.05) is 43.2 Å². The summed E-state index contributed by atoms with van der Waals surface area (Å²) in [7, 11) is 1.66. The zero-order valence-electron chi connectivity index (χ0n) is 16.7. The van der Waals surface area contributed by atoms with Gasteiger partial charge in [-0.2, -0.15) is 0 Å². The Balaban J connectivity index is 1.29. The second kappa shape index (κ2) is 8.04. The number of amides is 2. The molecule has 0 unspecified atom stereocenters. The van der Waals surface area contributed by atoms with Crippen molar-refractivity contribution in [3.8, 4) is 5.88 Å². The van der Waals surface area contributed by atoms with Crippen molar-refractivity contribution >= 4 is 27.6 Å². The Morgan fingerprint density at radius 3 is 2.76 bits per heavy atom. The van der Waals surface area contributed by atoms with E-state index in [1.54, 1.807) is 24.7 Å². The van der Waals surface area contributed by atoms with E-state index in [0.29, 0.717) is 25.0 Å². The maximum Gasteiger partial charge on any atom is 0.317 e.